The van der Waals surface area contributed by atoms with Gasteiger partial charge in [-0.15, -0.1) is 0 Å². The summed E-state index contributed by atoms with van der Waals surface area (Å²) in [4.78, 5) is 0. The first-order valence-electron chi connectivity index (χ1n) is 6.02. The van der Waals surface area contributed by atoms with Crippen molar-refractivity contribution in [1.29, 1.82) is 0 Å². The van der Waals surface area contributed by atoms with Crippen LogP contribution in [0.4, 0.5) is 0 Å². The smallest absolute Gasteiger partial charge is 0.0709 e. The first-order valence-corrected chi connectivity index (χ1v) is 6.02. The van der Waals surface area contributed by atoms with Crippen molar-refractivity contribution in [3.05, 3.63) is 41.6 Å². The van der Waals surface area contributed by atoms with Gasteiger partial charge in [0.25, 0.3) is 0 Å². The van der Waals surface area contributed by atoms with Crippen LogP contribution >= 0.6 is 0 Å². The van der Waals surface area contributed by atoms with Gasteiger partial charge in [0, 0.05) is 11.9 Å². The van der Waals surface area contributed by atoms with Crippen molar-refractivity contribution < 1.29 is 0 Å². The topological polar surface area (TPSA) is 17.8 Å². The Labute approximate surface area is 95.6 Å². The summed E-state index contributed by atoms with van der Waals surface area (Å²) in [5, 5.41) is 6.12. The standard InChI is InChI=1S/C14H16N2/c1-2-16-13-10-6-8-11-7-4-3-5-9-12(15-16)14(11)13/h3-4,6,8,10H,2,5,7,9H2,1H3. The molecular weight excluding hydrogens is 196 g/mol. The molecule has 2 heteroatoms. The molecule has 0 aliphatic heterocycles. The molecule has 1 aliphatic carbocycles. The monoisotopic (exact) mass is 212 g/mol. The molecule has 0 atom stereocenters. The number of benzene rings is 1. The number of hydrogen-bond donors (Lipinski definition) is 0. The highest BCUT2D eigenvalue weighted by Crippen LogP contribution is 2.26. The summed E-state index contributed by atoms with van der Waals surface area (Å²) in [7, 11) is 0. The highest BCUT2D eigenvalue weighted by Gasteiger charge is 2.13. The quantitative estimate of drug-likeness (QED) is 0.664. The number of allylic oxidation sites excluding steroid dienone is 2. The van der Waals surface area contributed by atoms with Crippen LogP contribution in [0.15, 0.2) is 30.4 Å². The third-order valence-corrected chi connectivity index (χ3v) is 3.29. The summed E-state index contributed by atoms with van der Waals surface area (Å²) < 4.78 is 2.12. The van der Waals surface area contributed by atoms with Crippen molar-refractivity contribution in [3.8, 4) is 0 Å². The van der Waals surface area contributed by atoms with Gasteiger partial charge in [-0.1, -0.05) is 24.3 Å². The van der Waals surface area contributed by atoms with Gasteiger partial charge in [-0.25, -0.2) is 0 Å². The molecule has 0 N–H and O–H groups in total. The van der Waals surface area contributed by atoms with Gasteiger partial charge in [-0.2, -0.15) is 5.10 Å². The van der Waals surface area contributed by atoms with Gasteiger partial charge in [0.05, 0.1) is 11.2 Å². The summed E-state index contributed by atoms with van der Waals surface area (Å²) in [6.45, 7) is 3.11. The second-order valence-corrected chi connectivity index (χ2v) is 4.29. The largest absolute Gasteiger partial charge is 0.265 e. The van der Waals surface area contributed by atoms with E-state index >= 15 is 0 Å². The van der Waals surface area contributed by atoms with Crippen LogP contribution in [0.2, 0.25) is 0 Å². The van der Waals surface area contributed by atoms with Gasteiger partial charge in [0.15, 0.2) is 0 Å². The fourth-order valence-electron chi connectivity index (χ4n) is 2.52. The van der Waals surface area contributed by atoms with Crippen molar-refractivity contribution in [2.45, 2.75) is 32.7 Å². The molecule has 2 nitrogen and oxygen atoms in total. The van der Waals surface area contributed by atoms with Crippen LogP contribution in [0.25, 0.3) is 10.9 Å². The van der Waals surface area contributed by atoms with E-state index in [1.54, 1.807) is 0 Å². The Kier molecular flexibility index (Phi) is 2.28. The zero-order chi connectivity index (χ0) is 11.0. The average Bonchev–Trinajstić information content (AvgIpc) is 2.64. The molecular formula is C14H16N2. The van der Waals surface area contributed by atoms with E-state index in [9.17, 15) is 0 Å². The molecule has 0 saturated heterocycles. The zero-order valence-electron chi connectivity index (χ0n) is 9.61. The predicted octanol–water partition coefficient (Wildman–Crippen LogP) is 3.10. The Morgan fingerprint density at radius 2 is 2.25 bits per heavy atom. The van der Waals surface area contributed by atoms with E-state index < -0.39 is 0 Å². The minimum Gasteiger partial charge on any atom is -0.265 e. The summed E-state index contributed by atoms with van der Waals surface area (Å²) in [5.74, 6) is 0. The van der Waals surface area contributed by atoms with E-state index in [1.165, 1.54) is 22.2 Å². The molecule has 0 saturated carbocycles. The fraction of sp³-hybridized carbons (Fsp3) is 0.357. The molecule has 0 amide bonds. The molecule has 82 valence electrons. The summed E-state index contributed by atoms with van der Waals surface area (Å²) in [6, 6.07) is 6.55. The molecule has 1 aromatic carbocycles. The zero-order valence-corrected chi connectivity index (χ0v) is 9.61. The molecule has 0 spiro atoms. The van der Waals surface area contributed by atoms with Crippen LogP contribution in [-0.2, 0) is 19.4 Å². The van der Waals surface area contributed by atoms with E-state index in [2.05, 4.69) is 42.0 Å². The second kappa shape index (κ2) is 3.78. The molecule has 1 aliphatic rings. The van der Waals surface area contributed by atoms with Gasteiger partial charge in [0.1, 0.15) is 0 Å². The number of rotatable bonds is 1. The van der Waals surface area contributed by atoms with Crippen LogP contribution in [0, 0.1) is 0 Å². The van der Waals surface area contributed by atoms with E-state index in [-0.39, 0.29) is 0 Å². The van der Waals surface area contributed by atoms with E-state index in [0.29, 0.717) is 0 Å². The normalized spacial score (nSPS) is 15.1. The van der Waals surface area contributed by atoms with Crippen molar-refractivity contribution in [1.82, 2.24) is 9.78 Å². The molecule has 1 aromatic heterocycles. The lowest BCUT2D eigenvalue weighted by Gasteiger charge is -2.05. The third kappa shape index (κ3) is 1.37. The molecule has 3 rings (SSSR count). The number of nitrogens with zero attached hydrogens (tertiary/aromatic N) is 2. The summed E-state index contributed by atoms with van der Waals surface area (Å²) in [5.41, 5.74) is 3.99. The maximum Gasteiger partial charge on any atom is 0.0709 e. The number of hydrogen-bond acceptors (Lipinski definition) is 1. The summed E-state index contributed by atoms with van der Waals surface area (Å²) >= 11 is 0. The minimum atomic E-state index is 0.952. The van der Waals surface area contributed by atoms with E-state index in [1.807, 2.05) is 0 Å². The van der Waals surface area contributed by atoms with Gasteiger partial charge in [-0.3, -0.25) is 4.68 Å². The maximum absolute atomic E-state index is 4.72. The maximum atomic E-state index is 4.72. The Morgan fingerprint density at radius 3 is 3.12 bits per heavy atom. The van der Waals surface area contributed by atoms with E-state index in [4.69, 9.17) is 5.10 Å². The lowest BCUT2D eigenvalue weighted by atomic mass is 10.00. The second-order valence-electron chi connectivity index (χ2n) is 4.29. The van der Waals surface area contributed by atoms with Crippen LogP contribution in [-0.4, -0.2) is 9.78 Å². The van der Waals surface area contributed by atoms with Gasteiger partial charge >= 0.3 is 0 Å². The molecule has 16 heavy (non-hydrogen) atoms. The molecule has 0 unspecified atom stereocenters. The molecule has 0 radical (unpaired) electrons. The van der Waals surface area contributed by atoms with Crippen molar-refractivity contribution in [3.63, 3.8) is 0 Å². The lowest BCUT2D eigenvalue weighted by molar-refractivity contribution is 0.667. The Morgan fingerprint density at radius 1 is 1.31 bits per heavy atom. The Bertz CT molecular complexity index is 549. The molecule has 0 bridgehead atoms. The predicted molar refractivity (Wildman–Crippen MR) is 66.6 cm³/mol. The SMILES string of the molecule is CCn1nc2c3c(cccc31)CC=CCC2. The highest BCUT2D eigenvalue weighted by molar-refractivity contribution is 5.86. The Hall–Kier alpha value is -1.57. The fourth-order valence-corrected chi connectivity index (χ4v) is 2.52. The number of aromatic nitrogens is 2. The first kappa shape index (κ1) is 9.64. The van der Waals surface area contributed by atoms with Crippen LogP contribution in [0.1, 0.15) is 24.6 Å². The molecule has 1 heterocycles. The molecule has 0 fully saturated rings. The van der Waals surface area contributed by atoms with E-state index in [0.717, 1.165) is 25.8 Å². The number of aryl methyl sites for hydroxylation is 2. The van der Waals surface area contributed by atoms with Crippen LogP contribution in [0.3, 0.4) is 0 Å². The minimum absolute atomic E-state index is 0.952. The highest BCUT2D eigenvalue weighted by atomic mass is 15.3. The molecule has 2 aromatic rings. The van der Waals surface area contributed by atoms with Gasteiger partial charge < -0.3 is 0 Å². The van der Waals surface area contributed by atoms with Gasteiger partial charge in [-0.05, 0) is 37.8 Å². The van der Waals surface area contributed by atoms with Crippen molar-refractivity contribution >= 4 is 10.9 Å². The van der Waals surface area contributed by atoms with Gasteiger partial charge in [0.2, 0.25) is 0 Å². The van der Waals surface area contributed by atoms with Crippen molar-refractivity contribution in [2.24, 2.45) is 0 Å². The van der Waals surface area contributed by atoms with Crippen LogP contribution in [0.5, 0.6) is 0 Å². The Balaban J connectivity index is 2.32. The first-order chi connectivity index (χ1) is 7.90. The summed E-state index contributed by atoms with van der Waals surface area (Å²) in [6.07, 6.45) is 7.77. The average molecular weight is 212 g/mol. The lowest BCUT2D eigenvalue weighted by Crippen LogP contribution is -1.96. The van der Waals surface area contributed by atoms with Crippen molar-refractivity contribution in [2.75, 3.05) is 0 Å². The third-order valence-electron chi connectivity index (χ3n) is 3.29. The van der Waals surface area contributed by atoms with Crippen LogP contribution < -0.4 is 0 Å².